The molecule has 2 heterocycles. The molecule has 1 aromatic carbocycles. The van der Waals surface area contributed by atoms with Crippen LogP contribution in [0.4, 0.5) is 5.69 Å². The Kier molecular flexibility index (Phi) is 19.8. The molecule has 3 aliphatic rings. The average Bonchev–Trinajstić information content (AvgIpc) is 3.14. The Morgan fingerprint density at radius 1 is 0.763 bits per heavy atom. The van der Waals surface area contributed by atoms with Gasteiger partial charge in [0, 0.05) is 66.2 Å². The van der Waals surface area contributed by atoms with Gasteiger partial charge >= 0.3 is 35.5 Å². The number of carbonyl (C=O) groups is 2. The minimum atomic E-state index is -4.46. The third-order valence-corrected chi connectivity index (χ3v) is 11.7. The molecule has 0 amide bonds. The smallest absolute Gasteiger partial charge is 0.748 e. The molecule has 1 atom stereocenters. The van der Waals surface area contributed by atoms with Gasteiger partial charge in [0.25, 0.3) is 0 Å². The molecule has 0 fully saturated rings. The summed E-state index contributed by atoms with van der Waals surface area (Å²) < 4.78 is 81.5. The van der Waals surface area contributed by atoms with Crippen molar-refractivity contribution in [2.75, 3.05) is 42.6 Å². The molecule has 0 aromatic heterocycles. The van der Waals surface area contributed by atoms with E-state index >= 15 is 0 Å². The van der Waals surface area contributed by atoms with Crippen molar-refractivity contribution in [3.8, 4) is 17.1 Å². The normalized spacial score (nSPS) is 14.8. The number of Topliss-reactive ketones (excluding diaryl/α,β-unsaturated/α-hetero) is 1. The van der Waals surface area contributed by atoms with Gasteiger partial charge in [0.05, 0.1) is 31.9 Å². The van der Waals surface area contributed by atoms with Gasteiger partial charge in [0.1, 0.15) is 36.3 Å². The van der Waals surface area contributed by atoms with Gasteiger partial charge in [-0.25, -0.2) is 21.4 Å². The number of anilines is 1. The minimum Gasteiger partial charge on any atom is -0.748 e. The molecule has 0 radical (unpaired) electrons. The predicted octanol–water partition coefficient (Wildman–Crippen LogP) is 4.28. The first-order valence-electron chi connectivity index (χ1n) is 20.4. The first-order valence-corrected chi connectivity index (χ1v) is 23.6. The number of carbonyl (C=O) groups excluding carboxylic acids is 2. The van der Waals surface area contributed by atoms with Crippen LogP contribution >= 0.6 is 0 Å². The van der Waals surface area contributed by atoms with Crippen LogP contribution in [0.3, 0.4) is 0 Å². The number of allylic oxidation sites excluding steroid dienone is 2. The molecule has 4 rings (SSSR count). The van der Waals surface area contributed by atoms with Crippen LogP contribution in [0, 0.1) is 5.92 Å². The topological polar surface area (TPSA) is 177 Å². The van der Waals surface area contributed by atoms with E-state index < -0.39 is 49.0 Å². The van der Waals surface area contributed by atoms with Gasteiger partial charge in [-0.1, -0.05) is 97.4 Å². The van der Waals surface area contributed by atoms with Crippen LogP contribution in [0.15, 0.2) is 65.1 Å². The number of fused-ring (bicyclic) bond motifs is 2. The first kappa shape index (κ1) is 50.2. The van der Waals surface area contributed by atoms with Crippen molar-refractivity contribution in [1.82, 2.24) is 4.58 Å². The molecule has 0 saturated heterocycles. The van der Waals surface area contributed by atoms with E-state index in [9.17, 15) is 35.5 Å². The molecule has 15 heteroatoms. The van der Waals surface area contributed by atoms with E-state index in [2.05, 4.69) is 18.7 Å². The van der Waals surface area contributed by atoms with Gasteiger partial charge in [-0.2, -0.15) is 0 Å². The first-order chi connectivity index (χ1) is 27.4. The summed E-state index contributed by atoms with van der Waals surface area (Å²) in [7, 11) is -8.92. The molecule has 1 unspecified atom stereocenters. The zero-order valence-electron chi connectivity index (χ0n) is 35.5. The standard InChI is InChI=1S/C44H60N2O10S2.Na/c1-6-8-10-14-24-45(25-15-11-9-7-2)35-21-23-37-40(32-35)56-43(48)38(42(37)47)19-13-12-18-33-30-41(44(3,4)5)55-39-31-34(20-22-36(33)39)46(26-16-28-57(49,50)51)27-17-29-58(52,53)54;/h12-13,18-23,30-32,38H,6-11,14-17,24-29H2,1-5H3,(H-,49,50,51,52,53,54);/q;+1/p-1/b18-12+,19-13+;. The summed E-state index contributed by atoms with van der Waals surface area (Å²) >= 11 is 0. The third kappa shape index (κ3) is 16.0. The van der Waals surface area contributed by atoms with Gasteiger partial charge in [-0.3, -0.25) is 9.59 Å². The van der Waals surface area contributed by atoms with E-state index in [0.717, 1.165) is 68.4 Å². The average molecular weight is 863 g/mol. The van der Waals surface area contributed by atoms with Gasteiger partial charge in [0.15, 0.2) is 5.78 Å². The maximum absolute atomic E-state index is 13.6. The van der Waals surface area contributed by atoms with Crippen LogP contribution in [0.5, 0.6) is 5.75 Å². The van der Waals surface area contributed by atoms with Crippen LogP contribution in [0.2, 0.25) is 0 Å². The fourth-order valence-electron chi connectivity index (χ4n) is 6.91. The van der Waals surface area contributed by atoms with E-state index in [4.69, 9.17) is 9.15 Å². The molecule has 59 heavy (non-hydrogen) atoms. The fraction of sp³-hybridized carbons (Fsp3) is 0.523. The van der Waals surface area contributed by atoms with Crippen molar-refractivity contribution in [2.45, 2.75) is 104 Å². The molecule has 0 saturated carbocycles. The van der Waals surface area contributed by atoms with E-state index in [1.807, 2.05) is 51.1 Å². The van der Waals surface area contributed by atoms with Gasteiger partial charge in [-0.15, -0.1) is 0 Å². The van der Waals surface area contributed by atoms with Crippen LogP contribution in [-0.2, 0) is 30.4 Å². The number of esters is 1. The minimum absolute atomic E-state index is 0. The predicted molar refractivity (Wildman–Crippen MR) is 226 cm³/mol. The largest absolute Gasteiger partial charge is 1.00 e. The number of nitrogens with zero attached hydrogens (tertiary/aromatic N) is 2. The van der Waals surface area contributed by atoms with Crippen molar-refractivity contribution in [3.63, 3.8) is 0 Å². The molecular weight excluding hydrogens is 804 g/mol. The molecule has 318 valence electrons. The molecule has 1 aliphatic carbocycles. The van der Waals surface area contributed by atoms with Crippen molar-refractivity contribution < 1.29 is 74.2 Å². The van der Waals surface area contributed by atoms with Crippen LogP contribution in [0.1, 0.15) is 121 Å². The van der Waals surface area contributed by atoms with Gasteiger partial charge in [-0.05, 0) is 42.7 Å². The maximum atomic E-state index is 13.6. The second kappa shape index (κ2) is 23.2. The second-order valence-electron chi connectivity index (χ2n) is 16.0. The summed E-state index contributed by atoms with van der Waals surface area (Å²) in [5, 5.41) is 0.595. The second-order valence-corrected chi connectivity index (χ2v) is 19.1. The number of rotatable bonds is 22. The summed E-state index contributed by atoms with van der Waals surface area (Å²) in [6.45, 7) is 12.4. The monoisotopic (exact) mass is 862 g/mol. The Balaban J connectivity index is 0.00000930. The van der Waals surface area contributed by atoms with Crippen LogP contribution < -0.4 is 49.1 Å². The number of ketones is 1. The van der Waals surface area contributed by atoms with Crippen molar-refractivity contribution in [3.05, 3.63) is 82.9 Å². The number of benzene rings is 2. The summed E-state index contributed by atoms with van der Waals surface area (Å²) in [4.78, 5) is 29.2. The summed E-state index contributed by atoms with van der Waals surface area (Å²) in [6, 6.07) is 12.8. The van der Waals surface area contributed by atoms with Gasteiger partial charge < -0.3 is 23.2 Å². The van der Waals surface area contributed by atoms with E-state index in [1.54, 1.807) is 34.9 Å². The summed E-state index contributed by atoms with van der Waals surface area (Å²) in [5.41, 5.74) is 2.44. The van der Waals surface area contributed by atoms with Crippen LogP contribution in [-0.4, -0.2) is 75.4 Å². The summed E-state index contributed by atoms with van der Waals surface area (Å²) in [6.07, 6.45) is 15.9. The van der Waals surface area contributed by atoms with Crippen molar-refractivity contribution >= 4 is 43.8 Å². The molecule has 0 spiro atoms. The molecule has 2 aliphatic heterocycles. The van der Waals surface area contributed by atoms with Crippen molar-refractivity contribution in [1.29, 1.82) is 0 Å². The molecule has 12 nitrogen and oxygen atoms in total. The van der Waals surface area contributed by atoms with Gasteiger partial charge in [0.2, 0.25) is 5.36 Å². The maximum Gasteiger partial charge on any atom is 1.00 e. The Morgan fingerprint density at radius 2 is 1.36 bits per heavy atom. The molecular formula is C44H59N2NaO10S2. The van der Waals surface area contributed by atoms with E-state index in [0.29, 0.717) is 22.4 Å². The Labute approximate surface area is 373 Å². The van der Waals surface area contributed by atoms with Crippen LogP contribution in [0.25, 0.3) is 17.4 Å². The number of ether oxygens (including phenoxy) is 1. The molecule has 0 bridgehead atoms. The Bertz CT molecular complexity index is 2150. The number of hydrogen-bond acceptors (Lipinski definition) is 11. The quantitative estimate of drug-likeness (QED) is 0.0206. The molecule has 0 N–H and O–H groups in total. The summed E-state index contributed by atoms with van der Waals surface area (Å²) in [5.74, 6) is -1.79. The number of unbranched alkanes of at least 4 members (excludes halogenated alkanes) is 6. The van der Waals surface area contributed by atoms with E-state index in [1.165, 1.54) is 18.9 Å². The SMILES string of the molecule is CCCCCCN(CCCCCC)c1ccc2c(c1)OC(=O)C(/C=C/C=C/c1cc(C(C)(C)C)oc3cc(=[N+](CCCS(=O)(=O)[O-])CCCS(=O)(=O)[O-])ccc1-3)C2=O.[Na+]. The Hall–Kier alpha value is -3.11. The molecule has 1 aromatic rings. The Morgan fingerprint density at radius 3 is 1.92 bits per heavy atom. The zero-order valence-corrected chi connectivity index (χ0v) is 39.2. The number of hydrogen-bond donors (Lipinski definition) is 0. The van der Waals surface area contributed by atoms with Crippen molar-refractivity contribution in [2.24, 2.45) is 5.92 Å². The zero-order chi connectivity index (χ0) is 42.5. The fourth-order valence-corrected chi connectivity index (χ4v) is 7.88. The third-order valence-electron chi connectivity index (χ3n) is 10.1. The van der Waals surface area contributed by atoms with E-state index in [-0.39, 0.29) is 67.0 Å².